The summed E-state index contributed by atoms with van der Waals surface area (Å²) >= 11 is 0. The Balaban J connectivity index is 2.81. The summed E-state index contributed by atoms with van der Waals surface area (Å²) in [5.74, 6) is 0. The average molecular weight is 204 g/mol. The van der Waals surface area contributed by atoms with Gasteiger partial charge >= 0.3 is 7.12 Å². The van der Waals surface area contributed by atoms with E-state index in [0.29, 0.717) is 16.4 Å². The first-order chi connectivity index (χ1) is 7.09. The number of hydrogen-bond acceptors (Lipinski definition) is 4. The molecular formula is C9H9BN2O3. The van der Waals surface area contributed by atoms with Crippen LogP contribution >= 0.6 is 0 Å². The molecule has 2 N–H and O–H groups in total. The van der Waals surface area contributed by atoms with Crippen LogP contribution in [0.4, 0.5) is 0 Å². The molecule has 0 saturated heterocycles. The molecule has 15 heavy (non-hydrogen) atoms. The minimum atomic E-state index is -1.53. The number of hydrogen-bond donors (Lipinski definition) is 2. The molecule has 2 rings (SSSR count). The van der Waals surface area contributed by atoms with Crippen LogP contribution in [0, 0.1) is 0 Å². The molecule has 0 bridgehead atoms. The smallest absolute Gasteiger partial charge is 0.423 e. The summed E-state index contributed by atoms with van der Waals surface area (Å²) in [6.45, 7) is 0. The number of fused-ring (bicyclic) bond motifs is 1. The molecule has 1 heterocycles. The van der Waals surface area contributed by atoms with E-state index < -0.39 is 7.12 Å². The second-order valence-electron chi connectivity index (χ2n) is 3.31. The molecule has 0 saturated carbocycles. The minimum absolute atomic E-state index is 0.318. The van der Waals surface area contributed by atoms with E-state index in [1.807, 2.05) is 0 Å². The van der Waals surface area contributed by atoms with Crippen molar-refractivity contribution in [1.29, 1.82) is 0 Å². The summed E-state index contributed by atoms with van der Waals surface area (Å²) in [6.07, 6.45) is 1.40. The molecule has 0 atom stereocenters. The van der Waals surface area contributed by atoms with E-state index in [9.17, 15) is 4.79 Å². The van der Waals surface area contributed by atoms with Gasteiger partial charge in [-0.2, -0.15) is 4.98 Å². The van der Waals surface area contributed by atoms with Gasteiger partial charge in [0.05, 0.1) is 17.2 Å². The molecule has 6 heteroatoms. The van der Waals surface area contributed by atoms with E-state index in [1.54, 1.807) is 23.7 Å². The normalized spacial score (nSPS) is 10.6. The Morgan fingerprint density at radius 3 is 2.80 bits per heavy atom. The number of aryl methyl sites for hydroxylation is 1. The van der Waals surface area contributed by atoms with Crippen LogP contribution in [-0.2, 0) is 7.05 Å². The number of aromatic nitrogens is 2. The topological polar surface area (TPSA) is 75.4 Å². The van der Waals surface area contributed by atoms with E-state index in [4.69, 9.17) is 10.0 Å². The molecule has 0 unspecified atom stereocenters. The third-order valence-electron chi connectivity index (χ3n) is 2.28. The summed E-state index contributed by atoms with van der Waals surface area (Å²) in [4.78, 5) is 15.0. The molecule has 0 spiro atoms. The Hall–Kier alpha value is -1.66. The van der Waals surface area contributed by atoms with Gasteiger partial charge in [-0.15, -0.1) is 0 Å². The Kier molecular flexibility index (Phi) is 2.30. The van der Waals surface area contributed by atoms with Crippen molar-refractivity contribution in [2.75, 3.05) is 0 Å². The zero-order valence-corrected chi connectivity index (χ0v) is 8.08. The van der Waals surface area contributed by atoms with Crippen LogP contribution < -0.4 is 11.0 Å². The fourth-order valence-electron chi connectivity index (χ4n) is 1.45. The van der Waals surface area contributed by atoms with Crippen LogP contribution in [0.25, 0.3) is 10.9 Å². The van der Waals surface area contributed by atoms with Gasteiger partial charge in [-0.25, -0.2) is 0 Å². The molecular weight excluding hydrogens is 195 g/mol. The lowest BCUT2D eigenvalue weighted by molar-refractivity contribution is 0.426. The highest BCUT2D eigenvalue weighted by atomic mass is 16.4. The third kappa shape index (κ3) is 1.64. The lowest BCUT2D eigenvalue weighted by Gasteiger charge is -2.05. The minimum Gasteiger partial charge on any atom is -0.423 e. The Bertz CT molecular complexity index is 565. The first-order valence-corrected chi connectivity index (χ1v) is 4.41. The fraction of sp³-hybridized carbons (Fsp3) is 0.111. The second-order valence-corrected chi connectivity index (χ2v) is 3.31. The maximum atomic E-state index is 11.4. The zero-order valence-electron chi connectivity index (χ0n) is 8.08. The van der Waals surface area contributed by atoms with Gasteiger partial charge in [0.2, 0.25) is 0 Å². The van der Waals surface area contributed by atoms with Crippen LogP contribution in [0.3, 0.4) is 0 Å². The largest absolute Gasteiger partial charge is 0.488 e. The van der Waals surface area contributed by atoms with Crippen molar-refractivity contribution in [3.8, 4) is 0 Å². The molecule has 0 aliphatic carbocycles. The SMILES string of the molecule is Cn1cnc(=O)c2ccc(B(O)O)cc21. The lowest BCUT2D eigenvalue weighted by Crippen LogP contribution is -2.30. The van der Waals surface area contributed by atoms with Crippen molar-refractivity contribution in [3.63, 3.8) is 0 Å². The van der Waals surface area contributed by atoms with Crippen LogP contribution in [0.15, 0.2) is 29.3 Å². The highest BCUT2D eigenvalue weighted by Gasteiger charge is 2.12. The molecule has 76 valence electrons. The van der Waals surface area contributed by atoms with Crippen molar-refractivity contribution in [2.24, 2.45) is 7.05 Å². The molecule has 2 aromatic rings. The summed E-state index contributed by atoms with van der Waals surface area (Å²) in [6, 6.07) is 4.60. The lowest BCUT2D eigenvalue weighted by atomic mass is 9.80. The van der Waals surface area contributed by atoms with Crippen molar-refractivity contribution >= 4 is 23.5 Å². The van der Waals surface area contributed by atoms with E-state index in [2.05, 4.69) is 4.98 Å². The van der Waals surface area contributed by atoms with Crippen LogP contribution in [-0.4, -0.2) is 26.7 Å². The van der Waals surface area contributed by atoms with Crippen molar-refractivity contribution < 1.29 is 10.0 Å². The van der Waals surface area contributed by atoms with E-state index in [-0.39, 0.29) is 5.56 Å². The Morgan fingerprint density at radius 2 is 2.13 bits per heavy atom. The zero-order chi connectivity index (χ0) is 11.0. The first kappa shape index (κ1) is 9.88. The van der Waals surface area contributed by atoms with Gasteiger partial charge in [-0.3, -0.25) is 4.79 Å². The molecule has 1 aromatic carbocycles. The number of rotatable bonds is 1. The molecule has 0 aliphatic rings. The quantitative estimate of drug-likeness (QED) is 0.561. The highest BCUT2D eigenvalue weighted by molar-refractivity contribution is 6.58. The van der Waals surface area contributed by atoms with Crippen LogP contribution in [0.5, 0.6) is 0 Å². The third-order valence-corrected chi connectivity index (χ3v) is 2.28. The average Bonchev–Trinajstić information content (AvgIpc) is 2.23. The summed E-state index contributed by atoms with van der Waals surface area (Å²) in [5, 5.41) is 18.5. The van der Waals surface area contributed by atoms with E-state index in [0.717, 1.165) is 0 Å². The van der Waals surface area contributed by atoms with Crippen LogP contribution in [0.2, 0.25) is 0 Å². The molecule has 0 fully saturated rings. The van der Waals surface area contributed by atoms with Crippen molar-refractivity contribution in [3.05, 3.63) is 34.9 Å². The van der Waals surface area contributed by atoms with Crippen LogP contribution in [0.1, 0.15) is 0 Å². The molecule has 1 aromatic heterocycles. The van der Waals surface area contributed by atoms with Gasteiger partial charge in [-0.1, -0.05) is 6.07 Å². The van der Waals surface area contributed by atoms with Gasteiger partial charge in [0.15, 0.2) is 0 Å². The predicted octanol–water partition coefficient (Wildman–Crippen LogP) is -1.39. The van der Waals surface area contributed by atoms with Crippen molar-refractivity contribution in [2.45, 2.75) is 0 Å². The van der Waals surface area contributed by atoms with Gasteiger partial charge in [0.1, 0.15) is 0 Å². The summed E-state index contributed by atoms with van der Waals surface area (Å²) < 4.78 is 1.66. The van der Waals surface area contributed by atoms with Gasteiger partial charge in [0, 0.05) is 7.05 Å². The molecule has 0 amide bonds. The molecule has 5 nitrogen and oxygen atoms in total. The molecule has 0 aliphatic heterocycles. The van der Waals surface area contributed by atoms with E-state index >= 15 is 0 Å². The fourth-order valence-corrected chi connectivity index (χ4v) is 1.45. The van der Waals surface area contributed by atoms with Gasteiger partial charge in [-0.05, 0) is 17.6 Å². The first-order valence-electron chi connectivity index (χ1n) is 4.41. The Morgan fingerprint density at radius 1 is 1.40 bits per heavy atom. The number of nitrogens with zero attached hydrogens (tertiary/aromatic N) is 2. The Labute approximate surface area is 85.8 Å². The van der Waals surface area contributed by atoms with Gasteiger partial charge < -0.3 is 14.6 Å². The summed E-state index contributed by atoms with van der Waals surface area (Å²) in [5.41, 5.74) is 0.659. The maximum Gasteiger partial charge on any atom is 0.488 e. The molecule has 0 radical (unpaired) electrons. The van der Waals surface area contributed by atoms with Gasteiger partial charge in [0.25, 0.3) is 5.56 Å². The predicted molar refractivity (Wildman–Crippen MR) is 56.8 cm³/mol. The standard InChI is InChI=1S/C9H9BN2O3/c1-12-5-11-9(13)7-3-2-6(10(14)15)4-8(7)12/h2-5,14-15H,1H3. The second kappa shape index (κ2) is 3.49. The number of benzene rings is 1. The van der Waals surface area contributed by atoms with Crippen molar-refractivity contribution in [1.82, 2.24) is 9.55 Å². The highest BCUT2D eigenvalue weighted by Crippen LogP contribution is 2.05. The monoisotopic (exact) mass is 204 g/mol. The van der Waals surface area contributed by atoms with E-state index in [1.165, 1.54) is 12.4 Å². The maximum absolute atomic E-state index is 11.4. The summed E-state index contributed by atoms with van der Waals surface area (Å²) in [7, 11) is 0.208.